The van der Waals surface area contributed by atoms with Gasteiger partial charge in [0.25, 0.3) is 0 Å². The Kier molecular flexibility index (Phi) is 6.48. The van der Waals surface area contributed by atoms with Gasteiger partial charge in [-0.1, -0.05) is 109 Å². The van der Waals surface area contributed by atoms with E-state index in [2.05, 4.69) is 182 Å². The monoisotopic (exact) mass is 524 g/mol. The van der Waals surface area contributed by atoms with Crippen molar-refractivity contribution in [2.75, 3.05) is 0 Å². The summed E-state index contributed by atoms with van der Waals surface area (Å²) in [4.78, 5) is 0. The first kappa shape index (κ1) is 24.8. The minimum Gasteiger partial charge on any atom is -0.194 e. The molecule has 0 N–H and O–H groups in total. The molecule has 0 saturated heterocycles. The molecular formula is C40H30N+. The zero-order valence-corrected chi connectivity index (χ0v) is 22.8. The minimum atomic E-state index is 0.465. The van der Waals surface area contributed by atoms with Gasteiger partial charge in [0.2, 0.25) is 0 Å². The summed E-state index contributed by atoms with van der Waals surface area (Å²) < 4.78 is 0.465. The average Bonchev–Trinajstić information content (AvgIpc) is 3.07. The number of fused-ring (bicyclic) bond motifs is 1. The first-order valence-electron chi connectivity index (χ1n) is 14.1. The van der Waals surface area contributed by atoms with Crippen LogP contribution in [-0.2, 0) is 0 Å². The highest BCUT2D eigenvalue weighted by molar-refractivity contribution is 5.99. The predicted octanol–water partition coefficient (Wildman–Crippen LogP) is 11.5. The lowest BCUT2D eigenvalue weighted by atomic mass is 9.98. The summed E-state index contributed by atoms with van der Waals surface area (Å²) >= 11 is 0. The molecule has 0 amide bonds. The van der Waals surface area contributed by atoms with Gasteiger partial charge in [0.15, 0.2) is 5.69 Å². The summed E-state index contributed by atoms with van der Waals surface area (Å²) in [5.41, 5.74) is 9.61. The summed E-state index contributed by atoms with van der Waals surface area (Å²) in [6, 6.07) is 65.6. The van der Waals surface area contributed by atoms with E-state index in [0.29, 0.717) is 4.48 Å². The van der Waals surface area contributed by atoms with Gasteiger partial charge >= 0.3 is 0 Å². The summed E-state index contributed by atoms with van der Waals surface area (Å²) in [5.74, 6) is 0. The maximum atomic E-state index is 2.29. The van der Waals surface area contributed by atoms with E-state index in [1.807, 2.05) is 0 Å². The molecule has 0 radical (unpaired) electrons. The third kappa shape index (κ3) is 4.43. The maximum absolute atomic E-state index is 2.29. The van der Waals surface area contributed by atoms with Gasteiger partial charge < -0.3 is 0 Å². The summed E-state index contributed by atoms with van der Waals surface area (Å²) in [5, 5.41) is 2.46. The second kappa shape index (κ2) is 10.7. The van der Waals surface area contributed by atoms with Crippen molar-refractivity contribution in [3.63, 3.8) is 0 Å². The second-order valence-electron chi connectivity index (χ2n) is 10.3. The number of rotatable bonds is 6. The van der Waals surface area contributed by atoms with Crippen molar-refractivity contribution in [3.8, 4) is 22.3 Å². The molecule has 0 saturated carbocycles. The number of benzene rings is 7. The lowest BCUT2D eigenvalue weighted by Crippen LogP contribution is -2.33. The fourth-order valence-electron chi connectivity index (χ4n) is 6.03. The molecule has 1 heteroatoms. The van der Waals surface area contributed by atoms with Crippen molar-refractivity contribution >= 4 is 33.5 Å². The van der Waals surface area contributed by atoms with E-state index >= 15 is 0 Å². The van der Waals surface area contributed by atoms with E-state index in [1.165, 1.54) is 55.8 Å². The molecule has 0 fully saturated rings. The average molecular weight is 525 g/mol. The Hall–Kier alpha value is -5.24. The third-order valence-electron chi connectivity index (χ3n) is 7.99. The van der Waals surface area contributed by atoms with Crippen molar-refractivity contribution < 1.29 is 0 Å². The lowest BCUT2D eigenvalue weighted by molar-refractivity contribution is 0.709. The van der Waals surface area contributed by atoms with E-state index in [1.54, 1.807) is 0 Å². The minimum absolute atomic E-state index is 0.465. The van der Waals surface area contributed by atoms with Crippen molar-refractivity contribution in [2.24, 2.45) is 0 Å². The van der Waals surface area contributed by atoms with Crippen molar-refractivity contribution in [3.05, 3.63) is 182 Å². The molecule has 0 atom stereocenters. The van der Waals surface area contributed by atoms with Gasteiger partial charge in [-0.15, -0.1) is 0 Å². The molecule has 41 heavy (non-hydrogen) atoms. The van der Waals surface area contributed by atoms with Crippen molar-refractivity contribution in [1.29, 1.82) is 0 Å². The highest BCUT2D eigenvalue weighted by Gasteiger charge is 2.40. The quantitative estimate of drug-likeness (QED) is 0.190. The van der Waals surface area contributed by atoms with Crippen LogP contribution >= 0.6 is 0 Å². The fourth-order valence-corrected chi connectivity index (χ4v) is 6.03. The van der Waals surface area contributed by atoms with Crippen LogP contribution in [0.2, 0.25) is 0 Å². The molecule has 7 aromatic rings. The largest absolute Gasteiger partial charge is 0.194 e. The van der Waals surface area contributed by atoms with Crippen LogP contribution in [0.1, 0.15) is 0 Å². The highest BCUT2D eigenvalue weighted by atomic mass is 15.4. The first-order chi connectivity index (χ1) is 20.3. The van der Waals surface area contributed by atoms with Gasteiger partial charge in [-0.3, -0.25) is 0 Å². The predicted molar refractivity (Wildman–Crippen MR) is 175 cm³/mol. The molecule has 7 aromatic carbocycles. The Bertz CT molecular complexity index is 1800. The molecule has 0 bridgehead atoms. The number of hydrogen-bond acceptors (Lipinski definition) is 0. The molecule has 0 aromatic heterocycles. The van der Waals surface area contributed by atoms with Gasteiger partial charge in [0.05, 0.1) is 0 Å². The van der Waals surface area contributed by atoms with Crippen molar-refractivity contribution in [2.45, 2.75) is 0 Å². The van der Waals surface area contributed by atoms with E-state index in [-0.39, 0.29) is 0 Å². The van der Waals surface area contributed by atoms with E-state index in [9.17, 15) is 0 Å². The Morgan fingerprint density at radius 2 is 0.659 bits per heavy atom. The van der Waals surface area contributed by atoms with Gasteiger partial charge in [0.1, 0.15) is 17.1 Å². The number of quaternary nitrogens is 1. The van der Waals surface area contributed by atoms with Crippen LogP contribution in [0.5, 0.6) is 0 Å². The maximum Gasteiger partial charge on any atom is 0.156 e. The van der Waals surface area contributed by atoms with E-state index in [0.717, 1.165) is 0 Å². The molecule has 0 spiro atoms. The Labute approximate surface area is 241 Å². The third-order valence-corrected chi connectivity index (χ3v) is 7.99. The Morgan fingerprint density at radius 3 is 1.20 bits per heavy atom. The van der Waals surface area contributed by atoms with Gasteiger partial charge in [-0.25, -0.2) is 0 Å². The topological polar surface area (TPSA) is 0 Å². The zero-order valence-electron chi connectivity index (χ0n) is 22.8. The molecule has 194 valence electrons. The van der Waals surface area contributed by atoms with Gasteiger partial charge in [0, 0.05) is 47.9 Å². The number of nitrogens with zero attached hydrogens (tertiary/aromatic N) is 1. The van der Waals surface area contributed by atoms with Crippen LogP contribution in [0.4, 0.5) is 22.7 Å². The van der Waals surface area contributed by atoms with Crippen LogP contribution in [0.3, 0.4) is 0 Å². The smallest absolute Gasteiger partial charge is 0.156 e. The normalized spacial score (nSPS) is 11.4. The summed E-state index contributed by atoms with van der Waals surface area (Å²) in [7, 11) is 0. The molecule has 0 unspecified atom stereocenters. The zero-order chi connectivity index (χ0) is 27.5. The van der Waals surface area contributed by atoms with Gasteiger partial charge in [-0.2, -0.15) is 4.48 Å². The SMILES string of the molecule is c1ccc(-c2ccc([N+](c3ccccc3)(c3ccc(-c4ccccc4)cc3)c3cccc4ccccc34)cc2)cc1. The Morgan fingerprint density at radius 1 is 0.268 bits per heavy atom. The number of hydrogen-bond donors (Lipinski definition) is 0. The summed E-state index contributed by atoms with van der Waals surface area (Å²) in [6.45, 7) is 0. The van der Waals surface area contributed by atoms with E-state index in [4.69, 9.17) is 0 Å². The van der Waals surface area contributed by atoms with E-state index < -0.39 is 0 Å². The molecule has 0 aliphatic heterocycles. The lowest BCUT2D eigenvalue weighted by Gasteiger charge is -2.38. The highest BCUT2D eigenvalue weighted by Crippen LogP contribution is 2.53. The molecule has 1 nitrogen and oxygen atoms in total. The molecular weight excluding hydrogens is 494 g/mol. The van der Waals surface area contributed by atoms with Crippen LogP contribution in [0.25, 0.3) is 33.0 Å². The fraction of sp³-hybridized carbons (Fsp3) is 0. The van der Waals surface area contributed by atoms with Crippen LogP contribution in [0, 0.1) is 0 Å². The molecule has 7 rings (SSSR count). The standard InChI is InChI=1S/C40H30N/c1-4-13-31(14-5-1)33-23-27-37(28-24-33)41(36-19-8-3-9-20-36,40-22-12-18-35-17-10-11-21-39(35)40)38-29-25-34(26-30-38)32-15-6-2-7-16-32/h1-30H/q+1. The van der Waals surface area contributed by atoms with Crippen LogP contribution in [-0.4, -0.2) is 0 Å². The first-order valence-corrected chi connectivity index (χ1v) is 14.1. The Balaban J connectivity index is 1.52. The second-order valence-corrected chi connectivity index (χ2v) is 10.3. The van der Waals surface area contributed by atoms with Crippen molar-refractivity contribution in [1.82, 2.24) is 4.48 Å². The molecule has 0 aliphatic rings. The molecule has 0 aliphatic carbocycles. The number of para-hydroxylation sites is 1. The van der Waals surface area contributed by atoms with Crippen LogP contribution < -0.4 is 4.48 Å². The van der Waals surface area contributed by atoms with Gasteiger partial charge in [-0.05, 0) is 58.0 Å². The summed E-state index contributed by atoms with van der Waals surface area (Å²) in [6.07, 6.45) is 0. The van der Waals surface area contributed by atoms with Crippen LogP contribution in [0.15, 0.2) is 182 Å². The molecule has 0 heterocycles.